The van der Waals surface area contributed by atoms with Gasteiger partial charge in [0.1, 0.15) is 0 Å². The van der Waals surface area contributed by atoms with E-state index in [0.717, 1.165) is 37.9 Å². The molecule has 1 aromatic carbocycles. The van der Waals surface area contributed by atoms with Crippen LogP contribution in [0.15, 0.2) is 18.2 Å². The number of aryl methyl sites for hydroxylation is 2. The van der Waals surface area contributed by atoms with Crippen LogP contribution in [0.4, 0.5) is 0 Å². The van der Waals surface area contributed by atoms with E-state index in [2.05, 4.69) is 38.2 Å². The van der Waals surface area contributed by atoms with E-state index in [0.29, 0.717) is 5.78 Å². The molecule has 1 saturated heterocycles. The highest BCUT2D eigenvalue weighted by atomic mass is 16.1. The van der Waals surface area contributed by atoms with Gasteiger partial charge < -0.3 is 5.32 Å². The Bertz CT molecular complexity index is 444. The molecule has 0 spiro atoms. The summed E-state index contributed by atoms with van der Waals surface area (Å²) < 4.78 is 0. The Morgan fingerprint density at radius 2 is 1.89 bits per heavy atom. The predicted octanol–water partition coefficient (Wildman–Crippen LogP) is 3.27. The first-order chi connectivity index (χ1) is 8.59. The Morgan fingerprint density at radius 1 is 1.22 bits per heavy atom. The van der Waals surface area contributed by atoms with Crippen LogP contribution in [0.25, 0.3) is 0 Å². The van der Waals surface area contributed by atoms with Crippen LogP contribution in [0.5, 0.6) is 0 Å². The van der Waals surface area contributed by atoms with Gasteiger partial charge in [-0.05, 0) is 63.4 Å². The van der Waals surface area contributed by atoms with Crippen LogP contribution in [0.1, 0.15) is 47.7 Å². The third-order valence-electron chi connectivity index (χ3n) is 4.49. The predicted molar refractivity (Wildman–Crippen MR) is 75.1 cm³/mol. The van der Waals surface area contributed by atoms with Crippen molar-refractivity contribution in [2.24, 2.45) is 5.41 Å². The number of carbonyl (C=O) groups excluding carboxylic acids is 1. The Hall–Kier alpha value is -1.15. The van der Waals surface area contributed by atoms with Crippen molar-refractivity contribution in [2.45, 2.75) is 40.0 Å². The normalized spacial score (nSPS) is 18.6. The van der Waals surface area contributed by atoms with Gasteiger partial charge in [0.2, 0.25) is 0 Å². The van der Waals surface area contributed by atoms with Crippen LogP contribution in [-0.4, -0.2) is 18.9 Å². The number of nitrogens with one attached hydrogen (secondary N) is 1. The maximum atomic E-state index is 12.8. The summed E-state index contributed by atoms with van der Waals surface area (Å²) in [6.45, 7) is 8.23. The topological polar surface area (TPSA) is 29.1 Å². The molecule has 1 fully saturated rings. The minimum absolute atomic E-state index is 0.132. The summed E-state index contributed by atoms with van der Waals surface area (Å²) in [5.74, 6) is 0.342. The van der Waals surface area contributed by atoms with E-state index >= 15 is 0 Å². The smallest absolute Gasteiger partial charge is 0.169 e. The van der Waals surface area contributed by atoms with Gasteiger partial charge in [-0.2, -0.15) is 0 Å². The maximum absolute atomic E-state index is 12.8. The number of Topliss-reactive ketones (excluding diaryl/α,β-unsaturated/α-hetero) is 1. The van der Waals surface area contributed by atoms with Gasteiger partial charge in [-0.25, -0.2) is 0 Å². The highest BCUT2D eigenvalue weighted by Crippen LogP contribution is 2.36. The summed E-state index contributed by atoms with van der Waals surface area (Å²) in [5.41, 5.74) is 3.22. The van der Waals surface area contributed by atoms with Crippen LogP contribution in [0, 0.1) is 19.3 Å². The summed E-state index contributed by atoms with van der Waals surface area (Å²) in [6, 6.07) is 6.11. The van der Waals surface area contributed by atoms with Gasteiger partial charge in [-0.15, -0.1) is 0 Å². The Balaban J connectivity index is 2.30. The molecule has 18 heavy (non-hydrogen) atoms. The summed E-state index contributed by atoms with van der Waals surface area (Å²) >= 11 is 0. The molecule has 0 aromatic heterocycles. The monoisotopic (exact) mass is 245 g/mol. The largest absolute Gasteiger partial charge is 0.317 e. The number of hydrogen-bond acceptors (Lipinski definition) is 2. The zero-order valence-electron chi connectivity index (χ0n) is 11.7. The zero-order valence-corrected chi connectivity index (χ0v) is 11.7. The average Bonchev–Trinajstić information content (AvgIpc) is 2.42. The zero-order chi connectivity index (χ0) is 13.2. The van der Waals surface area contributed by atoms with Gasteiger partial charge in [-0.1, -0.05) is 19.1 Å². The van der Waals surface area contributed by atoms with Crippen LogP contribution >= 0.6 is 0 Å². The van der Waals surface area contributed by atoms with Crippen molar-refractivity contribution < 1.29 is 4.79 Å². The van der Waals surface area contributed by atoms with Crippen molar-refractivity contribution in [1.29, 1.82) is 0 Å². The van der Waals surface area contributed by atoms with Crippen molar-refractivity contribution in [1.82, 2.24) is 5.32 Å². The lowest BCUT2D eigenvalue weighted by Gasteiger charge is -2.35. The Morgan fingerprint density at radius 3 is 2.44 bits per heavy atom. The molecule has 1 heterocycles. The molecular formula is C16H23NO. The van der Waals surface area contributed by atoms with Crippen molar-refractivity contribution in [2.75, 3.05) is 13.1 Å². The van der Waals surface area contributed by atoms with E-state index in [9.17, 15) is 4.79 Å². The molecule has 0 unspecified atom stereocenters. The SMILES string of the molecule is CCC1(C(=O)c2ccc(C)c(C)c2)CCNCC1. The first-order valence-corrected chi connectivity index (χ1v) is 6.92. The van der Waals surface area contributed by atoms with Crippen LogP contribution in [0.3, 0.4) is 0 Å². The molecule has 0 bridgehead atoms. The fourth-order valence-electron chi connectivity index (χ4n) is 2.84. The van der Waals surface area contributed by atoms with Crippen molar-refractivity contribution in [3.05, 3.63) is 34.9 Å². The van der Waals surface area contributed by atoms with E-state index in [1.54, 1.807) is 0 Å². The van der Waals surface area contributed by atoms with E-state index in [1.807, 2.05) is 6.07 Å². The highest BCUT2D eigenvalue weighted by Gasteiger charge is 2.37. The number of piperidine rings is 1. The van der Waals surface area contributed by atoms with Gasteiger partial charge in [-0.3, -0.25) is 4.79 Å². The average molecular weight is 245 g/mol. The van der Waals surface area contributed by atoms with E-state index < -0.39 is 0 Å². The summed E-state index contributed by atoms with van der Waals surface area (Å²) in [7, 11) is 0. The van der Waals surface area contributed by atoms with Crippen LogP contribution in [0.2, 0.25) is 0 Å². The van der Waals surface area contributed by atoms with Crippen molar-refractivity contribution in [3.8, 4) is 0 Å². The quantitative estimate of drug-likeness (QED) is 0.828. The number of ketones is 1. The fourth-order valence-corrected chi connectivity index (χ4v) is 2.84. The van der Waals surface area contributed by atoms with Crippen LogP contribution in [-0.2, 0) is 0 Å². The molecule has 0 atom stereocenters. The second-order valence-corrected chi connectivity index (χ2v) is 5.51. The third kappa shape index (κ3) is 2.35. The maximum Gasteiger partial charge on any atom is 0.169 e. The summed E-state index contributed by atoms with van der Waals surface area (Å²) in [5, 5.41) is 3.35. The standard InChI is InChI=1S/C16H23NO/c1-4-16(7-9-17-10-8-16)15(18)14-6-5-12(2)13(3)11-14/h5-6,11,17H,4,7-10H2,1-3H3. The lowest BCUT2D eigenvalue weighted by molar-refractivity contribution is 0.0717. The molecule has 0 amide bonds. The first kappa shape index (κ1) is 13.3. The molecule has 1 aliphatic rings. The van der Waals surface area contributed by atoms with Gasteiger partial charge in [0.25, 0.3) is 0 Å². The molecule has 0 radical (unpaired) electrons. The summed E-state index contributed by atoms with van der Waals surface area (Å²) in [6.07, 6.45) is 2.88. The number of rotatable bonds is 3. The molecular weight excluding hydrogens is 222 g/mol. The Kier molecular flexibility index (Phi) is 3.86. The Labute approximate surface area is 110 Å². The van der Waals surface area contributed by atoms with Gasteiger partial charge >= 0.3 is 0 Å². The number of benzene rings is 1. The van der Waals surface area contributed by atoms with E-state index in [-0.39, 0.29) is 5.41 Å². The third-order valence-corrected chi connectivity index (χ3v) is 4.49. The first-order valence-electron chi connectivity index (χ1n) is 6.92. The molecule has 1 aromatic rings. The molecule has 2 heteroatoms. The molecule has 0 aliphatic carbocycles. The van der Waals surface area contributed by atoms with Gasteiger partial charge in [0.15, 0.2) is 5.78 Å². The van der Waals surface area contributed by atoms with Gasteiger partial charge in [0, 0.05) is 11.0 Å². The van der Waals surface area contributed by atoms with E-state index in [1.165, 1.54) is 11.1 Å². The van der Waals surface area contributed by atoms with E-state index in [4.69, 9.17) is 0 Å². The molecule has 1 N–H and O–H groups in total. The molecule has 1 aliphatic heterocycles. The second kappa shape index (κ2) is 5.23. The lowest BCUT2D eigenvalue weighted by atomic mass is 9.71. The molecule has 2 rings (SSSR count). The minimum Gasteiger partial charge on any atom is -0.317 e. The lowest BCUT2D eigenvalue weighted by Crippen LogP contribution is -2.41. The second-order valence-electron chi connectivity index (χ2n) is 5.51. The van der Waals surface area contributed by atoms with Crippen LogP contribution < -0.4 is 5.32 Å². The van der Waals surface area contributed by atoms with Crippen molar-refractivity contribution in [3.63, 3.8) is 0 Å². The molecule has 0 saturated carbocycles. The fraction of sp³-hybridized carbons (Fsp3) is 0.562. The number of hydrogen-bond donors (Lipinski definition) is 1. The number of carbonyl (C=O) groups is 1. The minimum atomic E-state index is -0.132. The van der Waals surface area contributed by atoms with Gasteiger partial charge in [0.05, 0.1) is 0 Å². The molecule has 2 nitrogen and oxygen atoms in total. The molecule has 98 valence electrons. The van der Waals surface area contributed by atoms with Crippen molar-refractivity contribution >= 4 is 5.78 Å². The summed E-state index contributed by atoms with van der Waals surface area (Å²) in [4.78, 5) is 12.8. The highest BCUT2D eigenvalue weighted by molar-refractivity contribution is 6.00.